The monoisotopic (exact) mass is 500 g/mol. The van der Waals surface area contributed by atoms with Crippen molar-refractivity contribution < 1.29 is 23.7 Å². The highest BCUT2D eigenvalue weighted by Gasteiger charge is 2.17. The van der Waals surface area contributed by atoms with E-state index >= 15 is 0 Å². The number of ether oxygens (including phenoxy) is 4. The van der Waals surface area contributed by atoms with Crippen LogP contribution in [-0.2, 0) is 4.74 Å². The van der Waals surface area contributed by atoms with Crippen LogP contribution in [0.1, 0.15) is 39.5 Å². The second-order valence-electron chi connectivity index (χ2n) is 6.18. The Labute approximate surface area is 181 Å². The predicted octanol–water partition coefficient (Wildman–Crippen LogP) is 5.41. The molecule has 0 amide bonds. The number of aryl methyl sites for hydroxylation is 1. The molecule has 0 aromatic heterocycles. The Kier molecular flexibility index (Phi) is 9.58. The summed E-state index contributed by atoms with van der Waals surface area (Å²) in [7, 11) is 4.49. The zero-order chi connectivity index (χ0) is 21.4. The number of carbonyl (C=O) groups excluding carboxylic acids is 1. The maximum absolute atomic E-state index is 11.6. The van der Waals surface area contributed by atoms with Crippen LogP contribution in [0.4, 0.5) is 0 Å². The fourth-order valence-electron chi connectivity index (χ4n) is 2.58. The molecule has 0 heterocycles. The lowest BCUT2D eigenvalue weighted by Gasteiger charge is -2.13. The third-order valence-electron chi connectivity index (χ3n) is 4.59. The number of carbonyl (C=O) groups is 1. The minimum absolute atomic E-state index is 0.315. The van der Waals surface area contributed by atoms with Crippen LogP contribution in [-0.4, -0.2) is 33.9 Å². The Morgan fingerprint density at radius 1 is 0.857 bits per heavy atom. The normalized spacial score (nSPS) is 9.89. The van der Waals surface area contributed by atoms with Crippen molar-refractivity contribution in [2.75, 3.05) is 27.9 Å². The highest BCUT2D eigenvalue weighted by Crippen LogP contribution is 2.38. The van der Waals surface area contributed by atoms with Crippen molar-refractivity contribution in [3.05, 3.63) is 49.6 Å². The Bertz CT molecular complexity index is 779. The molecule has 154 valence electrons. The van der Waals surface area contributed by atoms with E-state index in [2.05, 4.69) is 56.4 Å². The molecule has 5 nitrogen and oxygen atoms in total. The van der Waals surface area contributed by atoms with Gasteiger partial charge in [-0.15, -0.1) is 0 Å². The van der Waals surface area contributed by atoms with Gasteiger partial charge in [0.25, 0.3) is 0 Å². The van der Waals surface area contributed by atoms with E-state index in [4.69, 9.17) is 18.9 Å². The van der Waals surface area contributed by atoms with Crippen molar-refractivity contribution in [3.63, 3.8) is 0 Å². The molecule has 2 rings (SSSR count). The van der Waals surface area contributed by atoms with Crippen LogP contribution >= 0.6 is 22.6 Å². The van der Waals surface area contributed by atoms with E-state index in [1.807, 2.05) is 0 Å². The Morgan fingerprint density at radius 3 is 1.82 bits per heavy atom. The van der Waals surface area contributed by atoms with Gasteiger partial charge in [0.15, 0.2) is 11.5 Å². The molecule has 0 saturated heterocycles. The van der Waals surface area contributed by atoms with Gasteiger partial charge in [-0.25, -0.2) is 4.79 Å². The highest BCUT2D eigenvalue weighted by molar-refractivity contribution is 14.1. The minimum atomic E-state index is -0.424. The standard InChI is InChI=1S/C12H16O5.C10H13I/c1-5-17-12(13)8-6-9(14-2)11(16-4)10(7-8)15-3;1-6-5-10(11)9(4)8(3)7(6)2/h6-7H,5H2,1-4H3;5H,1-4H3. The molecule has 0 N–H and O–H groups in total. The number of methoxy groups -OCH3 is 3. The summed E-state index contributed by atoms with van der Waals surface area (Å²) in [6.45, 7) is 10.8. The van der Waals surface area contributed by atoms with E-state index in [1.165, 1.54) is 47.2 Å². The van der Waals surface area contributed by atoms with Crippen LogP contribution in [0.25, 0.3) is 0 Å². The first-order valence-electron chi connectivity index (χ1n) is 8.91. The van der Waals surface area contributed by atoms with E-state index in [1.54, 1.807) is 19.1 Å². The summed E-state index contributed by atoms with van der Waals surface area (Å²) in [5.74, 6) is 0.875. The zero-order valence-electron chi connectivity index (χ0n) is 17.9. The molecule has 2 aromatic carbocycles. The number of benzene rings is 2. The summed E-state index contributed by atoms with van der Waals surface area (Å²) in [6.07, 6.45) is 0. The predicted molar refractivity (Wildman–Crippen MR) is 120 cm³/mol. The lowest BCUT2D eigenvalue weighted by molar-refractivity contribution is 0.0525. The lowest BCUT2D eigenvalue weighted by Crippen LogP contribution is -2.06. The SMILES string of the molecule is CCOC(=O)c1cc(OC)c(OC)c(OC)c1.Cc1cc(I)c(C)c(C)c1C. The molecule has 0 saturated carbocycles. The van der Waals surface area contributed by atoms with Crippen LogP contribution in [0.3, 0.4) is 0 Å². The van der Waals surface area contributed by atoms with Gasteiger partial charge in [-0.3, -0.25) is 0 Å². The fourth-order valence-corrected chi connectivity index (χ4v) is 3.45. The van der Waals surface area contributed by atoms with Crippen molar-refractivity contribution in [1.82, 2.24) is 0 Å². The summed E-state index contributed by atoms with van der Waals surface area (Å²) < 4.78 is 21.7. The summed E-state index contributed by atoms with van der Waals surface area (Å²) in [4.78, 5) is 11.6. The number of rotatable bonds is 5. The topological polar surface area (TPSA) is 54.0 Å². The molecule has 0 radical (unpaired) electrons. The maximum atomic E-state index is 11.6. The highest BCUT2D eigenvalue weighted by atomic mass is 127. The van der Waals surface area contributed by atoms with Crippen molar-refractivity contribution in [1.29, 1.82) is 0 Å². The van der Waals surface area contributed by atoms with Gasteiger partial charge < -0.3 is 18.9 Å². The molecule has 2 aromatic rings. The Morgan fingerprint density at radius 2 is 1.39 bits per heavy atom. The van der Waals surface area contributed by atoms with Crippen LogP contribution in [0.15, 0.2) is 18.2 Å². The second kappa shape index (κ2) is 11.1. The summed E-state index contributed by atoms with van der Waals surface area (Å²) in [5, 5.41) is 0. The van der Waals surface area contributed by atoms with Crippen LogP contribution in [0.2, 0.25) is 0 Å². The molecule has 0 atom stereocenters. The molecular weight excluding hydrogens is 471 g/mol. The van der Waals surface area contributed by atoms with Crippen LogP contribution in [0.5, 0.6) is 17.2 Å². The van der Waals surface area contributed by atoms with E-state index < -0.39 is 5.97 Å². The van der Waals surface area contributed by atoms with Crippen molar-refractivity contribution in [2.45, 2.75) is 34.6 Å². The van der Waals surface area contributed by atoms with Crippen molar-refractivity contribution in [3.8, 4) is 17.2 Å². The first kappa shape index (κ1) is 24.1. The maximum Gasteiger partial charge on any atom is 0.338 e. The first-order valence-corrected chi connectivity index (χ1v) is 9.99. The first-order chi connectivity index (χ1) is 13.2. The van der Waals surface area contributed by atoms with Crippen LogP contribution in [0, 0.1) is 31.3 Å². The molecule has 0 bridgehead atoms. The van der Waals surface area contributed by atoms with Gasteiger partial charge in [-0.2, -0.15) is 0 Å². The molecule has 6 heteroatoms. The van der Waals surface area contributed by atoms with Crippen molar-refractivity contribution in [2.24, 2.45) is 0 Å². The van der Waals surface area contributed by atoms with Gasteiger partial charge in [0, 0.05) is 3.57 Å². The number of hydrogen-bond acceptors (Lipinski definition) is 5. The Balaban J connectivity index is 0.000000307. The second-order valence-corrected chi connectivity index (χ2v) is 7.35. The molecule has 0 fully saturated rings. The minimum Gasteiger partial charge on any atom is -0.493 e. The van der Waals surface area contributed by atoms with Gasteiger partial charge in [0.1, 0.15) is 0 Å². The molecule has 28 heavy (non-hydrogen) atoms. The molecule has 0 aliphatic carbocycles. The number of esters is 1. The quantitative estimate of drug-likeness (QED) is 0.406. The van der Waals surface area contributed by atoms with Gasteiger partial charge in [0.2, 0.25) is 5.75 Å². The average molecular weight is 500 g/mol. The van der Waals surface area contributed by atoms with Gasteiger partial charge in [0.05, 0.1) is 33.5 Å². The van der Waals surface area contributed by atoms with Gasteiger partial charge >= 0.3 is 5.97 Å². The third kappa shape index (κ3) is 5.77. The molecule has 0 aliphatic heterocycles. The molecular formula is C22H29IO5. The zero-order valence-corrected chi connectivity index (χ0v) is 20.0. The van der Waals surface area contributed by atoms with Crippen LogP contribution < -0.4 is 14.2 Å². The molecule has 0 unspecified atom stereocenters. The van der Waals surface area contributed by atoms with Gasteiger partial charge in [-0.1, -0.05) is 0 Å². The average Bonchev–Trinajstić information content (AvgIpc) is 2.70. The number of halogens is 1. The summed E-state index contributed by atoms with van der Waals surface area (Å²) in [5.41, 5.74) is 6.06. The lowest BCUT2D eigenvalue weighted by atomic mass is 10.0. The smallest absolute Gasteiger partial charge is 0.338 e. The summed E-state index contributed by atoms with van der Waals surface area (Å²) >= 11 is 2.39. The summed E-state index contributed by atoms with van der Waals surface area (Å²) in [6, 6.07) is 5.36. The molecule has 0 spiro atoms. The number of hydrogen-bond donors (Lipinski definition) is 0. The fraction of sp³-hybridized carbons (Fsp3) is 0.409. The largest absolute Gasteiger partial charge is 0.493 e. The third-order valence-corrected chi connectivity index (χ3v) is 5.71. The van der Waals surface area contributed by atoms with E-state index in [-0.39, 0.29) is 0 Å². The van der Waals surface area contributed by atoms with E-state index in [9.17, 15) is 4.79 Å². The molecule has 0 aliphatic rings. The van der Waals surface area contributed by atoms with Gasteiger partial charge in [-0.05, 0) is 97.7 Å². The van der Waals surface area contributed by atoms with Crippen molar-refractivity contribution >= 4 is 28.6 Å². The van der Waals surface area contributed by atoms with E-state index in [0.717, 1.165) is 0 Å². The Hall–Kier alpha value is -1.96. The van der Waals surface area contributed by atoms with E-state index in [0.29, 0.717) is 29.4 Å².